The van der Waals surface area contributed by atoms with Gasteiger partial charge in [0.05, 0.1) is 14.2 Å². The fourth-order valence-electron chi connectivity index (χ4n) is 2.31. The number of ether oxygens (including phenoxy) is 2. The van der Waals surface area contributed by atoms with Crippen LogP contribution in [0.15, 0.2) is 39.9 Å². The molecule has 0 spiro atoms. The van der Waals surface area contributed by atoms with Crippen molar-refractivity contribution in [2.24, 2.45) is 4.99 Å². The third-order valence-electron chi connectivity index (χ3n) is 3.72. The van der Waals surface area contributed by atoms with E-state index >= 15 is 0 Å². The van der Waals surface area contributed by atoms with Crippen molar-refractivity contribution >= 4 is 33.5 Å². The molecular weight excluding hydrogens is 420 g/mol. The van der Waals surface area contributed by atoms with Crippen LogP contribution < -0.4 is 20.1 Å². The molecule has 0 saturated heterocycles. The number of halogens is 2. The molecule has 26 heavy (non-hydrogen) atoms. The Balaban J connectivity index is 1.89. The summed E-state index contributed by atoms with van der Waals surface area (Å²) in [6, 6.07) is 7.58. The summed E-state index contributed by atoms with van der Waals surface area (Å²) in [5, 5.41) is 7.07. The molecule has 2 N–H and O–H groups in total. The summed E-state index contributed by atoms with van der Waals surface area (Å²) in [5.41, 5.74) is 2.15. The van der Waals surface area contributed by atoms with Crippen LogP contribution in [0.3, 0.4) is 0 Å². The van der Waals surface area contributed by atoms with Crippen LogP contribution in [0.1, 0.15) is 11.1 Å². The second kappa shape index (κ2) is 10.2. The summed E-state index contributed by atoms with van der Waals surface area (Å²) < 4.78 is 11.6. The third-order valence-corrected chi connectivity index (χ3v) is 4.68. The van der Waals surface area contributed by atoms with Gasteiger partial charge in [-0.25, -0.2) is 4.98 Å². The summed E-state index contributed by atoms with van der Waals surface area (Å²) in [6.45, 7) is 1.32. The predicted molar refractivity (Wildman–Crippen MR) is 108 cm³/mol. The highest BCUT2D eigenvalue weighted by molar-refractivity contribution is 9.10. The molecule has 8 heteroatoms. The molecule has 0 bridgehead atoms. The van der Waals surface area contributed by atoms with E-state index in [9.17, 15) is 0 Å². The maximum Gasteiger partial charge on any atom is 0.191 e. The van der Waals surface area contributed by atoms with Crippen molar-refractivity contribution in [1.29, 1.82) is 0 Å². The van der Waals surface area contributed by atoms with Gasteiger partial charge in [0.25, 0.3) is 0 Å². The van der Waals surface area contributed by atoms with Gasteiger partial charge in [-0.05, 0) is 35.7 Å². The van der Waals surface area contributed by atoms with Crippen LogP contribution >= 0.6 is 27.5 Å². The number of rotatable bonds is 7. The zero-order valence-corrected chi connectivity index (χ0v) is 17.3. The molecule has 1 heterocycles. The summed E-state index contributed by atoms with van der Waals surface area (Å²) in [7, 11) is 4.97. The first kappa shape index (κ1) is 20.3. The lowest BCUT2D eigenvalue weighted by Gasteiger charge is -2.15. The molecule has 1 aromatic carbocycles. The lowest BCUT2D eigenvalue weighted by Crippen LogP contribution is -2.37. The van der Waals surface area contributed by atoms with E-state index in [4.69, 9.17) is 21.1 Å². The van der Waals surface area contributed by atoms with Gasteiger partial charge in [0.15, 0.2) is 17.5 Å². The second-order valence-electron chi connectivity index (χ2n) is 5.39. The second-order valence-corrected chi connectivity index (χ2v) is 6.63. The van der Waals surface area contributed by atoms with Crippen LogP contribution in [-0.4, -0.2) is 38.8 Å². The zero-order chi connectivity index (χ0) is 18.9. The minimum atomic E-state index is 0.500. The van der Waals surface area contributed by atoms with E-state index in [1.807, 2.05) is 18.2 Å². The van der Waals surface area contributed by atoms with Gasteiger partial charge in [-0.2, -0.15) is 0 Å². The molecule has 140 valence electrons. The Morgan fingerprint density at radius 1 is 1.19 bits per heavy atom. The number of aromatic nitrogens is 1. The number of nitrogens with one attached hydrogen (secondary N) is 2. The highest BCUT2D eigenvalue weighted by Gasteiger charge is 2.10. The Morgan fingerprint density at radius 2 is 1.92 bits per heavy atom. The SMILES string of the molecule is CN=C(NCCc1ccc(Cl)nc1)NCc1cc(OC)c(OC)cc1Br. The number of methoxy groups -OCH3 is 2. The molecular formula is C18H22BrClN4O2. The molecule has 0 unspecified atom stereocenters. The van der Waals surface area contributed by atoms with E-state index in [1.54, 1.807) is 33.5 Å². The van der Waals surface area contributed by atoms with Crippen LogP contribution in [0, 0.1) is 0 Å². The van der Waals surface area contributed by atoms with Crippen molar-refractivity contribution in [3.05, 3.63) is 51.2 Å². The summed E-state index contributed by atoms with van der Waals surface area (Å²) in [6.07, 6.45) is 2.60. The van der Waals surface area contributed by atoms with E-state index in [0.717, 1.165) is 28.6 Å². The molecule has 6 nitrogen and oxygen atoms in total. The van der Waals surface area contributed by atoms with Crippen LogP contribution in [0.25, 0.3) is 0 Å². The minimum Gasteiger partial charge on any atom is -0.493 e. The van der Waals surface area contributed by atoms with Crippen molar-refractivity contribution in [1.82, 2.24) is 15.6 Å². The zero-order valence-electron chi connectivity index (χ0n) is 15.0. The number of aliphatic imine (C=N–C) groups is 1. The monoisotopic (exact) mass is 440 g/mol. The molecule has 0 aliphatic heterocycles. The van der Waals surface area contributed by atoms with Crippen LogP contribution in [0.5, 0.6) is 11.5 Å². The first-order chi connectivity index (χ1) is 12.6. The Bertz CT molecular complexity index is 754. The van der Waals surface area contributed by atoms with Gasteiger partial charge in [0.2, 0.25) is 0 Å². The van der Waals surface area contributed by atoms with Gasteiger partial charge in [-0.15, -0.1) is 0 Å². The summed E-state index contributed by atoms with van der Waals surface area (Å²) >= 11 is 9.35. The van der Waals surface area contributed by atoms with Crippen LogP contribution in [0.2, 0.25) is 5.15 Å². The average molecular weight is 442 g/mol. The van der Waals surface area contributed by atoms with E-state index in [0.29, 0.717) is 29.2 Å². The predicted octanol–water partition coefficient (Wildman–Crippen LogP) is 3.42. The third kappa shape index (κ3) is 5.78. The smallest absolute Gasteiger partial charge is 0.191 e. The molecule has 0 atom stereocenters. The highest BCUT2D eigenvalue weighted by Crippen LogP contribution is 2.33. The Morgan fingerprint density at radius 3 is 2.54 bits per heavy atom. The normalized spacial score (nSPS) is 11.2. The maximum absolute atomic E-state index is 5.79. The number of pyridine rings is 1. The van der Waals surface area contributed by atoms with Gasteiger partial charge in [-0.1, -0.05) is 33.6 Å². The molecule has 0 radical (unpaired) electrons. The lowest BCUT2D eigenvalue weighted by atomic mass is 10.2. The molecule has 1 aromatic heterocycles. The fraction of sp³-hybridized carbons (Fsp3) is 0.333. The van der Waals surface area contributed by atoms with Crippen LogP contribution in [-0.2, 0) is 13.0 Å². The van der Waals surface area contributed by atoms with E-state index in [-0.39, 0.29) is 0 Å². The molecule has 0 amide bonds. The molecule has 0 aliphatic rings. The van der Waals surface area contributed by atoms with E-state index < -0.39 is 0 Å². The number of hydrogen-bond donors (Lipinski definition) is 2. The molecule has 0 saturated carbocycles. The Labute approximate surface area is 167 Å². The highest BCUT2D eigenvalue weighted by atomic mass is 79.9. The summed E-state index contributed by atoms with van der Waals surface area (Å²) in [4.78, 5) is 8.32. The van der Waals surface area contributed by atoms with E-state index in [2.05, 4.69) is 36.5 Å². The van der Waals surface area contributed by atoms with Crippen molar-refractivity contribution in [2.45, 2.75) is 13.0 Å². The van der Waals surface area contributed by atoms with Gasteiger partial charge in [0, 0.05) is 30.8 Å². The molecule has 0 fully saturated rings. The van der Waals surface area contributed by atoms with Crippen molar-refractivity contribution < 1.29 is 9.47 Å². The largest absolute Gasteiger partial charge is 0.493 e. The van der Waals surface area contributed by atoms with Gasteiger partial charge >= 0.3 is 0 Å². The Kier molecular flexibility index (Phi) is 8.00. The van der Waals surface area contributed by atoms with Gasteiger partial charge in [-0.3, -0.25) is 4.99 Å². The summed E-state index contributed by atoms with van der Waals surface area (Å²) in [5.74, 6) is 2.08. The van der Waals surface area contributed by atoms with Gasteiger partial charge < -0.3 is 20.1 Å². The van der Waals surface area contributed by atoms with E-state index in [1.165, 1.54) is 0 Å². The lowest BCUT2D eigenvalue weighted by molar-refractivity contribution is 0.354. The van der Waals surface area contributed by atoms with Crippen LogP contribution in [0.4, 0.5) is 0 Å². The van der Waals surface area contributed by atoms with Gasteiger partial charge in [0.1, 0.15) is 5.15 Å². The number of guanidine groups is 1. The standard InChI is InChI=1S/C18H22BrClN4O2/c1-21-18(22-7-6-12-4-5-17(20)23-10-12)24-11-13-8-15(25-2)16(26-3)9-14(13)19/h4-5,8-10H,6-7,11H2,1-3H3,(H2,21,22,24). The molecule has 2 rings (SSSR count). The first-order valence-electron chi connectivity index (χ1n) is 8.02. The maximum atomic E-state index is 5.79. The number of nitrogens with zero attached hydrogens (tertiary/aromatic N) is 2. The average Bonchev–Trinajstić information content (AvgIpc) is 2.66. The van der Waals surface area contributed by atoms with Crippen molar-refractivity contribution in [3.63, 3.8) is 0 Å². The first-order valence-corrected chi connectivity index (χ1v) is 9.19. The number of hydrogen-bond acceptors (Lipinski definition) is 4. The Hall–Kier alpha value is -1.99. The fourth-order valence-corrected chi connectivity index (χ4v) is 2.89. The quantitative estimate of drug-likeness (QED) is 0.391. The number of benzene rings is 1. The van der Waals surface area contributed by atoms with Crippen molar-refractivity contribution in [2.75, 3.05) is 27.8 Å². The molecule has 0 aliphatic carbocycles. The molecule has 2 aromatic rings. The minimum absolute atomic E-state index is 0.500. The van der Waals surface area contributed by atoms with Crippen molar-refractivity contribution in [3.8, 4) is 11.5 Å². The topological polar surface area (TPSA) is 67.8 Å².